The number of aromatic hydroxyl groups is 1. The number of rotatable bonds is 7. The van der Waals surface area contributed by atoms with Crippen LogP contribution in [0, 0.1) is 25.5 Å². The number of alkyl halides is 3. The van der Waals surface area contributed by atoms with Gasteiger partial charge >= 0.3 is 12.1 Å². The first kappa shape index (κ1) is 25.7. The maximum absolute atomic E-state index is 15.0. The molecule has 0 fully saturated rings. The van der Waals surface area contributed by atoms with Crippen LogP contribution in [0.3, 0.4) is 0 Å². The number of aromatic nitrogens is 3. The molecular formula is C24H18F5N3O5. The monoisotopic (exact) mass is 523 g/mol. The second-order valence-electron chi connectivity index (χ2n) is 7.95. The number of hydrogen-bond acceptors (Lipinski definition) is 7. The molecule has 0 amide bonds. The van der Waals surface area contributed by atoms with Gasteiger partial charge in [0.15, 0.2) is 29.0 Å². The Morgan fingerprint density at radius 3 is 2.51 bits per heavy atom. The summed E-state index contributed by atoms with van der Waals surface area (Å²) in [6.07, 6.45) is -5.06. The van der Waals surface area contributed by atoms with Crippen molar-refractivity contribution in [2.24, 2.45) is 0 Å². The molecule has 0 saturated heterocycles. The number of nitrogens with one attached hydrogen (secondary N) is 1. The summed E-state index contributed by atoms with van der Waals surface area (Å²) in [5.41, 5.74) is 0.945. The summed E-state index contributed by atoms with van der Waals surface area (Å²) in [5.74, 6) is -4.37. The summed E-state index contributed by atoms with van der Waals surface area (Å²) in [6.45, 7) is 2.97. The predicted octanol–water partition coefficient (Wildman–Crippen LogP) is 5.09. The Kier molecular flexibility index (Phi) is 6.88. The van der Waals surface area contributed by atoms with Crippen LogP contribution >= 0.6 is 0 Å². The van der Waals surface area contributed by atoms with Gasteiger partial charge in [-0.05, 0) is 60.9 Å². The molecule has 13 heteroatoms. The second kappa shape index (κ2) is 9.91. The van der Waals surface area contributed by atoms with E-state index in [1.54, 1.807) is 6.92 Å². The van der Waals surface area contributed by atoms with Gasteiger partial charge in [0.1, 0.15) is 18.1 Å². The fourth-order valence-electron chi connectivity index (χ4n) is 3.67. The number of nitrogens with zero attached hydrogens (tertiary/aromatic N) is 2. The first-order chi connectivity index (χ1) is 17.4. The summed E-state index contributed by atoms with van der Waals surface area (Å²) in [4.78, 5) is 17.5. The van der Waals surface area contributed by atoms with E-state index in [0.29, 0.717) is 11.1 Å². The summed E-state index contributed by atoms with van der Waals surface area (Å²) < 4.78 is 81.1. The molecule has 0 aliphatic heterocycles. The van der Waals surface area contributed by atoms with Gasteiger partial charge < -0.3 is 14.6 Å². The highest BCUT2D eigenvalue weighted by Crippen LogP contribution is 2.36. The van der Waals surface area contributed by atoms with Gasteiger partial charge in [-0.3, -0.25) is 9.51 Å². The topological polar surface area (TPSA) is 110 Å². The van der Waals surface area contributed by atoms with E-state index in [1.807, 2.05) is 0 Å². The Labute approximate surface area is 205 Å². The number of halogens is 5. The lowest BCUT2D eigenvalue weighted by molar-refractivity contribution is -0.275. The highest BCUT2D eigenvalue weighted by Gasteiger charge is 2.33. The maximum atomic E-state index is 15.0. The van der Waals surface area contributed by atoms with Gasteiger partial charge in [-0.15, -0.1) is 13.2 Å². The zero-order valence-electron chi connectivity index (χ0n) is 19.2. The molecule has 8 nitrogen and oxygen atoms in total. The van der Waals surface area contributed by atoms with Gasteiger partial charge in [0.2, 0.25) is 0 Å². The lowest BCUT2D eigenvalue weighted by atomic mass is 9.97. The third-order valence-electron chi connectivity index (χ3n) is 5.40. The first-order valence-corrected chi connectivity index (χ1v) is 10.6. The van der Waals surface area contributed by atoms with Crippen molar-refractivity contribution < 1.29 is 41.1 Å². The molecule has 2 aromatic carbocycles. The van der Waals surface area contributed by atoms with Crippen molar-refractivity contribution in [2.75, 3.05) is 0 Å². The largest absolute Gasteiger partial charge is 0.573 e. The average Bonchev–Trinajstić information content (AvgIpc) is 3.25. The Hall–Kier alpha value is -4.42. The van der Waals surface area contributed by atoms with E-state index in [4.69, 9.17) is 4.74 Å². The highest BCUT2D eigenvalue weighted by atomic mass is 19.4. The molecule has 4 rings (SSSR count). The third-order valence-corrected chi connectivity index (χ3v) is 5.40. The molecule has 0 unspecified atom stereocenters. The summed E-state index contributed by atoms with van der Waals surface area (Å²) in [5, 5.41) is 13.7. The smallest absolute Gasteiger partial charge is 0.506 e. The molecule has 4 aromatic rings. The molecule has 0 bridgehead atoms. The number of H-pyrrole nitrogens is 1. The summed E-state index contributed by atoms with van der Waals surface area (Å²) in [7, 11) is 0. The molecule has 0 aliphatic carbocycles. The molecule has 0 atom stereocenters. The molecule has 0 spiro atoms. The Morgan fingerprint density at radius 2 is 1.84 bits per heavy atom. The quantitative estimate of drug-likeness (QED) is 0.325. The number of aromatic amines is 1. The Balaban J connectivity index is 1.63. The third kappa shape index (κ3) is 5.71. The van der Waals surface area contributed by atoms with Gasteiger partial charge in [0.05, 0.1) is 0 Å². The zero-order chi connectivity index (χ0) is 26.9. The number of pyridine rings is 1. The second-order valence-corrected chi connectivity index (χ2v) is 7.95. The van der Waals surface area contributed by atoms with Gasteiger partial charge in [0.25, 0.3) is 0 Å². The van der Waals surface area contributed by atoms with Crippen LogP contribution in [0.1, 0.15) is 28.2 Å². The van der Waals surface area contributed by atoms with Crippen LogP contribution in [-0.2, 0) is 13.0 Å². The molecule has 2 heterocycles. The van der Waals surface area contributed by atoms with Crippen LogP contribution in [0.15, 0.2) is 45.7 Å². The average molecular weight is 523 g/mol. The zero-order valence-corrected chi connectivity index (χ0v) is 19.2. The SMILES string of the molecule is Cc1cc(OCc2noc(=O)[nH]2)c(F)c(C)c1Cc1ccc(O)c(-c2cccc(OC(F)(F)F)c2F)n1. The van der Waals surface area contributed by atoms with Gasteiger partial charge in [-0.1, -0.05) is 11.2 Å². The van der Waals surface area contributed by atoms with Crippen LogP contribution in [0.25, 0.3) is 11.3 Å². The van der Waals surface area contributed by atoms with E-state index in [-0.39, 0.29) is 41.6 Å². The van der Waals surface area contributed by atoms with Crippen LogP contribution in [0.2, 0.25) is 0 Å². The van der Waals surface area contributed by atoms with Crippen molar-refractivity contribution in [1.82, 2.24) is 15.1 Å². The van der Waals surface area contributed by atoms with Crippen LogP contribution in [0.5, 0.6) is 17.2 Å². The van der Waals surface area contributed by atoms with Crippen LogP contribution in [0.4, 0.5) is 22.0 Å². The lowest BCUT2D eigenvalue weighted by Gasteiger charge is -2.16. The fourth-order valence-corrected chi connectivity index (χ4v) is 3.67. The Morgan fingerprint density at radius 1 is 1.08 bits per heavy atom. The molecular weight excluding hydrogens is 505 g/mol. The van der Waals surface area contributed by atoms with E-state index in [2.05, 4.69) is 24.4 Å². The summed E-state index contributed by atoms with van der Waals surface area (Å²) in [6, 6.07) is 7.15. The lowest BCUT2D eigenvalue weighted by Crippen LogP contribution is -2.18. The predicted molar refractivity (Wildman–Crippen MR) is 118 cm³/mol. The Bertz CT molecular complexity index is 1510. The van der Waals surface area contributed by atoms with Crippen molar-refractivity contribution >= 4 is 0 Å². The minimum absolute atomic E-state index is 0.0547. The van der Waals surface area contributed by atoms with Crippen molar-refractivity contribution in [3.8, 4) is 28.5 Å². The van der Waals surface area contributed by atoms with Crippen molar-refractivity contribution in [1.29, 1.82) is 0 Å². The first-order valence-electron chi connectivity index (χ1n) is 10.6. The molecule has 0 radical (unpaired) electrons. The van der Waals surface area contributed by atoms with E-state index in [9.17, 15) is 27.5 Å². The van der Waals surface area contributed by atoms with Crippen molar-refractivity contribution in [2.45, 2.75) is 33.2 Å². The number of benzene rings is 2. The van der Waals surface area contributed by atoms with Gasteiger partial charge in [0, 0.05) is 17.7 Å². The standard InChI is InChI=1S/C24H18F5N3O5/c1-11-8-18(35-10-19-31-23(34)37-32-19)20(25)12(2)15(11)9-13-6-7-16(33)22(30-13)14-4-3-5-17(21(14)26)36-24(27,28)29/h3-8,33H,9-10H2,1-2H3,(H,31,32,34). The molecule has 2 aromatic heterocycles. The van der Waals surface area contributed by atoms with E-state index < -0.39 is 40.8 Å². The fraction of sp³-hybridized carbons (Fsp3) is 0.208. The normalized spacial score (nSPS) is 11.5. The number of hydrogen-bond donors (Lipinski definition) is 2. The molecule has 0 aliphatic rings. The van der Waals surface area contributed by atoms with Crippen molar-refractivity contribution in [3.63, 3.8) is 0 Å². The van der Waals surface area contributed by atoms with E-state index in [0.717, 1.165) is 18.2 Å². The van der Waals surface area contributed by atoms with Gasteiger partial charge in [-0.25, -0.2) is 18.6 Å². The molecule has 37 heavy (non-hydrogen) atoms. The summed E-state index contributed by atoms with van der Waals surface area (Å²) >= 11 is 0. The van der Waals surface area contributed by atoms with E-state index >= 15 is 4.39 Å². The minimum atomic E-state index is -5.11. The van der Waals surface area contributed by atoms with Crippen LogP contribution in [-0.4, -0.2) is 26.6 Å². The number of ether oxygens (including phenoxy) is 2. The van der Waals surface area contributed by atoms with Crippen molar-refractivity contribution in [3.05, 3.63) is 86.8 Å². The highest BCUT2D eigenvalue weighted by molar-refractivity contribution is 5.68. The molecule has 194 valence electrons. The van der Waals surface area contributed by atoms with Crippen LogP contribution < -0.4 is 15.2 Å². The number of aryl methyl sites for hydroxylation is 1. The molecule has 0 saturated carbocycles. The van der Waals surface area contributed by atoms with E-state index in [1.165, 1.54) is 25.1 Å². The molecule has 2 N–H and O–H groups in total. The minimum Gasteiger partial charge on any atom is -0.506 e. The maximum Gasteiger partial charge on any atom is 0.573 e. The van der Waals surface area contributed by atoms with Gasteiger partial charge in [-0.2, -0.15) is 0 Å².